The molecule has 0 amide bonds. The van der Waals surface area contributed by atoms with E-state index < -0.39 is 10.0 Å². The highest BCUT2D eigenvalue weighted by atomic mass is 32.2. The molecule has 0 aliphatic heterocycles. The Bertz CT molecular complexity index is 1310. The summed E-state index contributed by atoms with van der Waals surface area (Å²) in [5.41, 5.74) is 3.27. The van der Waals surface area contributed by atoms with Crippen LogP contribution >= 0.6 is 0 Å². The normalized spacial score (nSPS) is 11.3. The van der Waals surface area contributed by atoms with E-state index in [1.54, 1.807) is 65.5 Å². The van der Waals surface area contributed by atoms with Crippen LogP contribution in [0.5, 0.6) is 11.6 Å². The maximum atomic E-state index is 12.6. The molecule has 31 heavy (non-hydrogen) atoms. The van der Waals surface area contributed by atoms with E-state index in [0.29, 0.717) is 23.1 Å². The summed E-state index contributed by atoms with van der Waals surface area (Å²) < 4.78 is 35.1. The number of aromatic nitrogens is 4. The van der Waals surface area contributed by atoms with Gasteiger partial charge >= 0.3 is 0 Å². The van der Waals surface area contributed by atoms with E-state index in [-0.39, 0.29) is 4.90 Å². The average molecular weight is 436 g/mol. The first-order chi connectivity index (χ1) is 14.8. The minimum absolute atomic E-state index is 0.221. The molecule has 0 saturated heterocycles. The third-order valence-electron chi connectivity index (χ3n) is 4.70. The largest absolute Gasteiger partial charge is 0.438 e. The number of anilines is 1. The lowest BCUT2D eigenvalue weighted by atomic mass is 10.1. The minimum atomic E-state index is -3.68. The third kappa shape index (κ3) is 4.72. The Morgan fingerprint density at radius 2 is 1.65 bits per heavy atom. The number of rotatable bonds is 6. The van der Waals surface area contributed by atoms with Gasteiger partial charge in [0.25, 0.3) is 10.0 Å². The summed E-state index contributed by atoms with van der Waals surface area (Å²) in [5, 5.41) is 12.4. The molecule has 4 aromatic rings. The summed E-state index contributed by atoms with van der Waals surface area (Å²) in [7, 11) is -3.68. The number of nitrogens with zero attached hydrogens (tertiary/aromatic N) is 4. The van der Waals surface area contributed by atoms with Crippen molar-refractivity contribution in [1.82, 2.24) is 20.0 Å². The van der Waals surface area contributed by atoms with Gasteiger partial charge in [0.05, 0.1) is 10.6 Å². The number of sulfonamides is 1. The highest BCUT2D eigenvalue weighted by molar-refractivity contribution is 7.92. The molecule has 0 fully saturated rings. The maximum absolute atomic E-state index is 12.6. The van der Waals surface area contributed by atoms with Crippen LogP contribution in [-0.2, 0) is 10.0 Å². The van der Waals surface area contributed by atoms with E-state index in [2.05, 4.69) is 20.0 Å². The lowest BCUT2D eigenvalue weighted by Gasteiger charge is -2.10. The predicted octanol–water partition coefficient (Wildman–Crippen LogP) is 4.18. The molecule has 4 rings (SSSR count). The number of benzene rings is 2. The number of nitrogens with one attached hydrogen (secondary N) is 1. The van der Waals surface area contributed by atoms with Crippen LogP contribution in [-0.4, -0.2) is 28.4 Å². The van der Waals surface area contributed by atoms with Gasteiger partial charge in [0.1, 0.15) is 5.75 Å². The first-order valence-electron chi connectivity index (χ1n) is 9.54. The number of hydrogen-bond acceptors (Lipinski definition) is 6. The smallest absolute Gasteiger partial charge is 0.261 e. The van der Waals surface area contributed by atoms with Gasteiger partial charge in [-0.25, -0.2) is 13.1 Å². The van der Waals surface area contributed by atoms with Crippen LogP contribution in [0.15, 0.2) is 71.8 Å². The molecule has 0 radical (unpaired) electrons. The standard InChI is InChI=1S/C22H21N5O3S/c1-15-4-9-20(14-16(15)2)31(28,29)26-18-5-7-19(8-6-18)30-22-11-10-21(23-24-22)27-13-12-17(3)25-27/h4-14,26H,1-3H3. The van der Waals surface area contributed by atoms with Crippen molar-refractivity contribution in [3.63, 3.8) is 0 Å². The monoisotopic (exact) mass is 435 g/mol. The van der Waals surface area contributed by atoms with Crippen molar-refractivity contribution in [3.05, 3.63) is 83.7 Å². The molecule has 0 spiro atoms. The molecule has 0 saturated carbocycles. The second-order valence-electron chi connectivity index (χ2n) is 7.11. The van der Waals surface area contributed by atoms with Crippen molar-refractivity contribution in [1.29, 1.82) is 0 Å². The number of ether oxygens (including phenoxy) is 1. The van der Waals surface area contributed by atoms with Crippen LogP contribution in [0, 0.1) is 20.8 Å². The van der Waals surface area contributed by atoms with Gasteiger partial charge in [-0.1, -0.05) is 6.07 Å². The van der Waals surface area contributed by atoms with Crippen molar-refractivity contribution in [2.24, 2.45) is 0 Å². The first kappa shape index (κ1) is 20.5. The Balaban J connectivity index is 1.44. The summed E-state index contributed by atoms with van der Waals surface area (Å²) in [6.07, 6.45) is 1.80. The molecule has 2 aromatic carbocycles. The highest BCUT2D eigenvalue weighted by Gasteiger charge is 2.15. The average Bonchev–Trinajstić information content (AvgIpc) is 3.18. The lowest BCUT2D eigenvalue weighted by Crippen LogP contribution is -2.13. The van der Waals surface area contributed by atoms with Crippen molar-refractivity contribution >= 4 is 15.7 Å². The van der Waals surface area contributed by atoms with Gasteiger partial charge in [-0.2, -0.15) is 5.10 Å². The fourth-order valence-electron chi connectivity index (χ4n) is 2.84. The second kappa shape index (κ2) is 8.19. The summed E-state index contributed by atoms with van der Waals surface area (Å²) >= 11 is 0. The Morgan fingerprint density at radius 3 is 2.26 bits per heavy atom. The van der Waals surface area contributed by atoms with Gasteiger partial charge in [-0.05, 0) is 80.4 Å². The zero-order valence-electron chi connectivity index (χ0n) is 17.3. The van der Waals surface area contributed by atoms with Gasteiger partial charge in [-0.3, -0.25) is 4.72 Å². The van der Waals surface area contributed by atoms with Crippen molar-refractivity contribution in [2.45, 2.75) is 25.7 Å². The van der Waals surface area contributed by atoms with Crippen molar-refractivity contribution in [3.8, 4) is 17.4 Å². The SMILES string of the molecule is Cc1ccn(-c2ccc(Oc3ccc(NS(=O)(=O)c4ccc(C)c(C)c4)cc3)nn2)n1. The lowest BCUT2D eigenvalue weighted by molar-refractivity contribution is 0.454. The minimum Gasteiger partial charge on any atom is -0.438 e. The summed E-state index contributed by atoms with van der Waals surface area (Å²) in [6.45, 7) is 5.72. The predicted molar refractivity (Wildman–Crippen MR) is 117 cm³/mol. The van der Waals surface area contributed by atoms with Crippen LogP contribution in [0.4, 0.5) is 5.69 Å². The van der Waals surface area contributed by atoms with Crippen molar-refractivity contribution in [2.75, 3.05) is 4.72 Å². The van der Waals surface area contributed by atoms with E-state index in [1.807, 2.05) is 26.8 Å². The molecule has 0 aliphatic carbocycles. The van der Waals surface area contributed by atoms with Gasteiger partial charge in [0, 0.05) is 18.0 Å². The van der Waals surface area contributed by atoms with Crippen molar-refractivity contribution < 1.29 is 13.2 Å². The molecule has 0 unspecified atom stereocenters. The Labute approximate surface area is 180 Å². The quantitative estimate of drug-likeness (QED) is 0.488. The molecule has 0 aliphatic rings. The Hall–Kier alpha value is -3.72. The molecular weight excluding hydrogens is 414 g/mol. The molecule has 9 heteroatoms. The fraction of sp³-hybridized carbons (Fsp3) is 0.136. The molecule has 2 aromatic heterocycles. The van der Waals surface area contributed by atoms with Crippen LogP contribution in [0.3, 0.4) is 0 Å². The number of aryl methyl sites for hydroxylation is 3. The zero-order chi connectivity index (χ0) is 22.0. The molecule has 1 N–H and O–H groups in total. The summed E-state index contributed by atoms with van der Waals surface area (Å²) in [4.78, 5) is 0.221. The molecular formula is C22H21N5O3S. The Kier molecular flexibility index (Phi) is 5.43. The Morgan fingerprint density at radius 1 is 0.871 bits per heavy atom. The highest BCUT2D eigenvalue weighted by Crippen LogP contribution is 2.24. The van der Waals surface area contributed by atoms with Gasteiger partial charge in [-0.15, -0.1) is 10.2 Å². The van der Waals surface area contributed by atoms with Crippen LogP contribution in [0.25, 0.3) is 5.82 Å². The summed E-state index contributed by atoms with van der Waals surface area (Å²) in [5.74, 6) is 1.40. The molecule has 158 valence electrons. The van der Waals surface area contributed by atoms with E-state index in [9.17, 15) is 8.42 Å². The molecule has 2 heterocycles. The molecule has 0 bridgehead atoms. The van der Waals surface area contributed by atoms with Gasteiger partial charge < -0.3 is 4.74 Å². The van der Waals surface area contributed by atoms with E-state index in [0.717, 1.165) is 16.8 Å². The summed E-state index contributed by atoms with van der Waals surface area (Å²) in [6, 6.07) is 16.9. The first-order valence-corrected chi connectivity index (χ1v) is 11.0. The third-order valence-corrected chi connectivity index (χ3v) is 6.08. The van der Waals surface area contributed by atoms with Crippen LogP contribution in [0.2, 0.25) is 0 Å². The topological polar surface area (TPSA) is 99.0 Å². The van der Waals surface area contributed by atoms with E-state index in [1.165, 1.54) is 0 Å². The van der Waals surface area contributed by atoms with E-state index >= 15 is 0 Å². The van der Waals surface area contributed by atoms with Crippen LogP contribution in [0.1, 0.15) is 16.8 Å². The number of hydrogen-bond donors (Lipinski definition) is 1. The molecule has 0 atom stereocenters. The van der Waals surface area contributed by atoms with E-state index in [4.69, 9.17) is 4.74 Å². The zero-order valence-corrected chi connectivity index (χ0v) is 18.1. The van der Waals surface area contributed by atoms with Gasteiger partial charge in [0.2, 0.25) is 5.88 Å². The second-order valence-corrected chi connectivity index (χ2v) is 8.79. The van der Waals surface area contributed by atoms with Crippen LogP contribution < -0.4 is 9.46 Å². The maximum Gasteiger partial charge on any atom is 0.261 e. The fourth-order valence-corrected chi connectivity index (χ4v) is 3.98. The van der Waals surface area contributed by atoms with Gasteiger partial charge in [0.15, 0.2) is 5.82 Å². The molecule has 8 nitrogen and oxygen atoms in total.